The molecule has 12 nitrogen and oxygen atoms in total. The largest absolute Gasteiger partial charge is 0.462 e. The Bertz CT molecular complexity index is 1400. The fourth-order valence-corrected chi connectivity index (χ4v) is 8.59. The molecule has 66 heavy (non-hydrogen) atoms. The van der Waals surface area contributed by atoms with Gasteiger partial charge in [0.1, 0.15) is 36.8 Å². The summed E-state index contributed by atoms with van der Waals surface area (Å²) in [5, 5.41) is 30.9. The number of hydrogen-bond acceptors (Lipinski definition) is 11. The highest BCUT2D eigenvalue weighted by Gasteiger charge is 2.46. The van der Waals surface area contributed by atoms with Crippen LogP contribution in [0, 0.1) is 0 Å². The molecule has 1 heterocycles. The topological polar surface area (TPSA) is 186 Å². The van der Waals surface area contributed by atoms with E-state index in [1.807, 2.05) is 6.08 Å². The second kappa shape index (κ2) is 42.7. The second-order valence-electron chi connectivity index (χ2n) is 18.2. The third-order valence-corrected chi connectivity index (χ3v) is 12.7. The molecule has 4 N–H and O–H groups in total. The lowest BCUT2D eigenvalue weighted by Crippen LogP contribution is -2.60. The molecule has 1 fully saturated rings. The highest BCUT2D eigenvalue weighted by atomic mass is 32.2. The van der Waals surface area contributed by atoms with Crippen LogP contribution in [0.25, 0.3) is 0 Å². The van der Waals surface area contributed by atoms with Gasteiger partial charge in [0, 0.05) is 12.5 Å². The number of ether oxygens (including phenoxy) is 4. The first kappa shape index (κ1) is 61.6. The molecule has 1 rings (SSSR count). The maximum Gasteiger partial charge on any atom is 0.331 e. The van der Waals surface area contributed by atoms with Crippen molar-refractivity contribution in [2.75, 3.05) is 19.0 Å². The molecule has 0 aromatic heterocycles. The Labute approximate surface area is 401 Å². The molecule has 0 radical (unpaired) electrons. The Balaban J connectivity index is 2.41. The summed E-state index contributed by atoms with van der Waals surface area (Å²) < 4.78 is 54.0. The molecule has 0 aromatic carbocycles. The molecule has 0 amide bonds. The molecule has 1 aliphatic rings. The first-order valence-electron chi connectivity index (χ1n) is 26.2. The highest BCUT2D eigenvalue weighted by Crippen LogP contribution is 2.24. The predicted octanol–water partition coefficient (Wildman–Crippen LogP) is 11.9. The van der Waals surface area contributed by atoms with E-state index in [9.17, 15) is 37.9 Å². The zero-order valence-corrected chi connectivity index (χ0v) is 42.1. The van der Waals surface area contributed by atoms with E-state index in [1.54, 1.807) is 12.2 Å². The maximum absolute atomic E-state index is 12.7. The second-order valence-corrected chi connectivity index (χ2v) is 19.7. The van der Waals surface area contributed by atoms with Gasteiger partial charge >= 0.3 is 11.9 Å². The number of carbonyl (C=O) groups excluding carboxylic acids is 2. The molecule has 0 aromatic rings. The SMILES string of the molecule is CCCCCCCCCCCCC/C=C/C=C/C(=O)O[C@H](COC(=O)CCC/C=C/CC/C=C/CCCCCCCCCCCCCCCC)CO[C@H]1O[C@H](CS(=O)(=O)O)[C@@H](O)C(O)C1O. The minimum Gasteiger partial charge on any atom is -0.462 e. The van der Waals surface area contributed by atoms with E-state index in [0.717, 1.165) is 38.5 Å². The quantitative estimate of drug-likeness (QED) is 0.0113. The van der Waals surface area contributed by atoms with Gasteiger partial charge < -0.3 is 34.3 Å². The Morgan fingerprint density at radius 3 is 1.47 bits per heavy atom. The van der Waals surface area contributed by atoms with Gasteiger partial charge in [-0.25, -0.2) is 4.79 Å². The van der Waals surface area contributed by atoms with Gasteiger partial charge in [0.25, 0.3) is 10.1 Å². The fourth-order valence-electron chi connectivity index (χ4n) is 7.90. The summed E-state index contributed by atoms with van der Waals surface area (Å²) in [6, 6.07) is 0. The molecule has 384 valence electrons. The van der Waals surface area contributed by atoms with Gasteiger partial charge in [0.05, 0.1) is 6.61 Å². The number of allylic oxidation sites excluding steroid dienone is 7. The van der Waals surface area contributed by atoms with Crippen molar-refractivity contribution in [2.24, 2.45) is 0 Å². The minimum absolute atomic E-state index is 0.140. The molecule has 1 aliphatic heterocycles. The molecule has 0 spiro atoms. The van der Waals surface area contributed by atoms with Crippen LogP contribution in [0.1, 0.15) is 219 Å². The number of esters is 2. The zero-order valence-electron chi connectivity index (χ0n) is 41.3. The summed E-state index contributed by atoms with van der Waals surface area (Å²) in [6.45, 7) is 3.66. The normalized spacial score (nSPS) is 19.8. The number of carbonyl (C=O) groups is 2. The van der Waals surface area contributed by atoms with Crippen LogP contribution in [0.15, 0.2) is 48.6 Å². The van der Waals surface area contributed by atoms with E-state index in [2.05, 4.69) is 38.2 Å². The standard InChI is InChI=1S/C53H94O12S/c1-3-5-7-9-11-13-15-17-19-20-21-22-23-24-25-26-28-29-31-33-35-37-39-41-48(54)62-43-46(44-63-53-52(58)51(57)50(56)47(65-53)45-66(59,60)61)64-49(55)42-40-38-36-34-32-30-27-18-16-14-12-10-8-6-4-2/h26,28,33,35-36,38,40,42,46-47,50-53,56-58H,3-25,27,29-32,34,37,39,41,43-45H2,1-2H3,(H,59,60,61)/b28-26+,35-33+,38-36+,42-40+/t46-,47-,50-,51?,52?,53+/m1/s1. The third kappa shape index (κ3) is 36.6. The lowest BCUT2D eigenvalue weighted by molar-refractivity contribution is -0.297. The highest BCUT2D eigenvalue weighted by molar-refractivity contribution is 7.85. The average Bonchev–Trinajstić information content (AvgIpc) is 3.28. The molecule has 0 saturated carbocycles. The number of hydrogen-bond donors (Lipinski definition) is 4. The lowest BCUT2D eigenvalue weighted by atomic mass is 10.00. The summed E-state index contributed by atoms with van der Waals surface area (Å²) in [5.74, 6) is -2.30. The van der Waals surface area contributed by atoms with Crippen molar-refractivity contribution in [3.8, 4) is 0 Å². The monoisotopic (exact) mass is 955 g/mol. The van der Waals surface area contributed by atoms with Gasteiger partial charge in [-0.2, -0.15) is 8.42 Å². The van der Waals surface area contributed by atoms with Crippen molar-refractivity contribution >= 4 is 22.1 Å². The first-order valence-corrected chi connectivity index (χ1v) is 27.8. The van der Waals surface area contributed by atoms with Crippen LogP contribution in [-0.2, 0) is 38.7 Å². The number of rotatable bonds is 44. The van der Waals surface area contributed by atoms with E-state index in [1.165, 1.54) is 154 Å². The predicted molar refractivity (Wildman–Crippen MR) is 266 cm³/mol. The van der Waals surface area contributed by atoms with E-state index in [0.29, 0.717) is 12.8 Å². The van der Waals surface area contributed by atoms with Crippen molar-refractivity contribution in [1.29, 1.82) is 0 Å². The average molecular weight is 955 g/mol. The maximum atomic E-state index is 12.7. The number of unbranched alkanes of at least 4 members (excludes halogenated alkanes) is 27. The van der Waals surface area contributed by atoms with Crippen LogP contribution < -0.4 is 0 Å². The number of aliphatic hydroxyl groups excluding tert-OH is 3. The smallest absolute Gasteiger partial charge is 0.331 e. The third-order valence-electron chi connectivity index (χ3n) is 12.0. The Morgan fingerprint density at radius 1 is 0.545 bits per heavy atom. The summed E-state index contributed by atoms with van der Waals surface area (Å²) in [6.07, 6.45) is 43.8. The molecule has 0 aliphatic carbocycles. The van der Waals surface area contributed by atoms with E-state index >= 15 is 0 Å². The summed E-state index contributed by atoms with van der Waals surface area (Å²) in [5.41, 5.74) is 0. The molecular formula is C53H94O12S. The van der Waals surface area contributed by atoms with Gasteiger partial charge in [0.15, 0.2) is 12.4 Å². The Kier molecular flexibility index (Phi) is 39.9. The summed E-state index contributed by atoms with van der Waals surface area (Å²) >= 11 is 0. The van der Waals surface area contributed by atoms with Crippen molar-refractivity contribution < 1.29 is 56.8 Å². The van der Waals surface area contributed by atoms with Gasteiger partial charge in [-0.1, -0.05) is 204 Å². The van der Waals surface area contributed by atoms with Crippen LogP contribution in [0.3, 0.4) is 0 Å². The van der Waals surface area contributed by atoms with Crippen LogP contribution in [0.5, 0.6) is 0 Å². The molecule has 6 atom stereocenters. The van der Waals surface area contributed by atoms with Crippen LogP contribution >= 0.6 is 0 Å². The van der Waals surface area contributed by atoms with Crippen LogP contribution in [0.4, 0.5) is 0 Å². The van der Waals surface area contributed by atoms with Crippen LogP contribution in [-0.4, -0.2) is 96.0 Å². The zero-order chi connectivity index (χ0) is 48.4. The lowest BCUT2D eigenvalue weighted by Gasteiger charge is -2.40. The van der Waals surface area contributed by atoms with Crippen molar-refractivity contribution in [3.63, 3.8) is 0 Å². The Morgan fingerprint density at radius 2 is 0.985 bits per heavy atom. The van der Waals surface area contributed by atoms with Crippen molar-refractivity contribution in [1.82, 2.24) is 0 Å². The van der Waals surface area contributed by atoms with Gasteiger partial charge in [-0.15, -0.1) is 0 Å². The van der Waals surface area contributed by atoms with Crippen LogP contribution in [0.2, 0.25) is 0 Å². The summed E-state index contributed by atoms with van der Waals surface area (Å²) in [4.78, 5) is 25.4. The molecule has 1 saturated heterocycles. The van der Waals surface area contributed by atoms with E-state index < -0.39 is 71.2 Å². The van der Waals surface area contributed by atoms with Crippen molar-refractivity contribution in [2.45, 2.75) is 256 Å². The van der Waals surface area contributed by atoms with Crippen molar-refractivity contribution in [3.05, 3.63) is 48.6 Å². The van der Waals surface area contributed by atoms with Gasteiger partial charge in [0.2, 0.25) is 0 Å². The Hall–Kier alpha value is -2.39. The van der Waals surface area contributed by atoms with E-state index in [-0.39, 0.29) is 13.0 Å². The molecule has 13 heteroatoms. The molecular weight excluding hydrogens is 861 g/mol. The van der Waals surface area contributed by atoms with E-state index in [4.69, 9.17) is 18.9 Å². The molecule has 2 unspecified atom stereocenters. The van der Waals surface area contributed by atoms with Gasteiger partial charge in [-0.3, -0.25) is 9.35 Å². The van der Waals surface area contributed by atoms with Gasteiger partial charge in [-0.05, 0) is 51.4 Å². The fraction of sp³-hybridized carbons (Fsp3) is 0.811. The number of aliphatic hydroxyl groups is 3. The minimum atomic E-state index is -4.62. The first-order chi connectivity index (χ1) is 32.0. The summed E-state index contributed by atoms with van der Waals surface area (Å²) in [7, 11) is -4.62. The molecule has 0 bridgehead atoms.